The van der Waals surface area contributed by atoms with E-state index < -0.39 is 12.0 Å². The molecule has 0 radical (unpaired) electrons. The number of rotatable bonds is 3. The van der Waals surface area contributed by atoms with Crippen molar-refractivity contribution in [2.75, 3.05) is 6.54 Å². The minimum atomic E-state index is -2.61. The van der Waals surface area contributed by atoms with Gasteiger partial charge in [0.1, 0.15) is 0 Å². The summed E-state index contributed by atoms with van der Waals surface area (Å²) in [5, 5.41) is 9.40. The number of halogens is 2. The number of pyridine rings is 1. The molecule has 1 heterocycles. The first-order valence-corrected chi connectivity index (χ1v) is 6.65. The van der Waals surface area contributed by atoms with E-state index in [1.807, 2.05) is 0 Å². The Morgan fingerprint density at radius 3 is 2.79 bits per heavy atom. The molecule has 3 nitrogen and oxygen atoms in total. The predicted octanol–water partition coefficient (Wildman–Crippen LogP) is 2.61. The largest absolute Gasteiger partial charge is 0.387 e. The summed E-state index contributed by atoms with van der Waals surface area (Å²) in [5.41, 5.74) is 7.03. The summed E-state index contributed by atoms with van der Waals surface area (Å²) >= 11 is 0. The van der Waals surface area contributed by atoms with Crippen molar-refractivity contribution in [1.29, 1.82) is 0 Å². The molecule has 0 aliphatic heterocycles. The Bertz CT molecular complexity index is 420. The first-order chi connectivity index (χ1) is 8.93. The summed E-state index contributed by atoms with van der Waals surface area (Å²) in [5.74, 6) is -2.78. The summed E-state index contributed by atoms with van der Waals surface area (Å²) in [6, 6.07) is 3.48. The first-order valence-electron chi connectivity index (χ1n) is 6.65. The van der Waals surface area contributed by atoms with E-state index in [0.29, 0.717) is 18.7 Å². The van der Waals surface area contributed by atoms with Crippen molar-refractivity contribution in [2.45, 2.75) is 44.1 Å². The van der Waals surface area contributed by atoms with E-state index in [2.05, 4.69) is 4.98 Å². The molecule has 1 aliphatic rings. The third-order valence-corrected chi connectivity index (χ3v) is 3.94. The molecular weight excluding hydrogens is 250 g/mol. The number of alkyl halides is 2. The van der Waals surface area contributed by atoms with Crippen LogP contribution in [0.1, 0.15) is 49.5 Å². The third kappa shape index (κ3) is 3.28. The molecule has 1 aliphatic carbocycles. The SMILES string of the molecule is CC(O)c1ccc(C2CC(F)(F)CCC2CN)cn1. The maximum absolute atomic E-state index is 13.6. The normalized spacial score (nSPS) is 28.1. The Labute approximate surface area is 111 Å². The molecule has 106 valence electrons. The van der Waals surface area contributed by atoms with Crippen LogP contribution < -0.4 is 5.73 Å². The lowest BCUT2D eigenvalue weighted by atomic mass is 9.74. The van der Waals surface area contributed by atoms with Crippen LogP contribution in [-0.4, -0.2) is 22.6 Å². The van der Waals surface area contributed by atoms with E-state index >= 15 is 0 Å². The number of aliphatic hydroxyl groups is 1. The van der Waals surface area contributed by atoms with Gasteiger partial charge < -0.3 is 10.8 Å². The van der Waals surface area contributed by atoms with Gasteiger partial charge in [-0.3, -0.25) is 4.98 Å². The highest BCUT2D eigenvalue weighted by atomic mass is 19.3. The lowest BCUT2D eigenvalue weighted by Crippen LogP contribution is -2.34. The number of hydrogen-bond donors (Lipinski definition) is 2. The van der Waals surface area contributed by atoms with E-state index in [0.717, 1.165) is 5.56 Å². The van der Waals surface area contributed by atoms with Crippen LogP contribution >= 0.6 is 0 Å². The zero-order valence-corrected chi connectivity index (χ0v) is 11.0. The second-order valence-electron chi connectivity index (χ2n) is 5.39. The van der Waals surface area contributed by atoms with Gasteiger partial charge in [-0.2, -0.15) is 0 Å². The fourth-order valence-electron chi connectivity index (χ4n) is 2.74. The molecule has 0 bridgehead atoms. The highest BCUT2D eigenvalue weighted by Crippen LogP contribution is 2.44. The molecular formula is C14H20F2N2O. The van der Waals surface area contributed by atoms with Crippen molar-refractivity contribution in [3.8, 4) is 0 Å². The fraction of sp³-hybridized carbons (Fsp3) is 0.643. The average molecular weight is 270 g/mol. The Morgan fingerprint density at radius 2 is 2.26 bits per heavy atom. The summed E-state index contributed by atoms with van der Waals surface area (Å²) in [4.78, 5) is 4.13. The van der Waals surface area contributed by atoms with E-state index in [1.54, 1.807) is 25.3 Å². The molecule has 0 saturated heterocycles. The lowest BCUT2D eigenvalue weighted by Gasteiger charge is -2.35. The monoisotopic (exact) mass is 270 g/mol. The van der Waals surface area contributed by atoms with E-state index in [4.69, 9.17) is 5.73 Å². The van der Waals surface area contributed by atoms with Gasteiger partial charge in [0, 0.05) is 19.0 Å². The van der Waals surface area contributed by atoms with Gasteiger partial charge in [0.15, 0.2) is 0 Å². The highest BCUT2D eigenvalue weighted by Gasteiger charge is 2.41. The second-order valence-corrected chi connectivity index (χ2v) is 5.39. The number of hydrogen-bond acceptors (Lipinski definition) is 3. The molecule has 1 fully saturated rings. The lowest BCUT2D eigenvalue weighted by molar-refractivity contribution is -0.0536. The maximum Gasteiger partial charge on any atom is 0.248 e. The summed E-state index contributed by atoms with van der Waals surface area (Å²) in [6.45, 7) is 2.04. The van der Waals surface area contributed by atoms with Crippen molar-refractivity contribution in [3.63, 3.8) is 0 Å². The van der Waals surface area contributed by atoms with Crippen molar-refractivity contribution in [3.05, 3.63) is 29.6 Å². The molecule has 3 N–H and O–H groups in total. The van der Waals surface area contributed by atoms with E-state index in [9.17, 15) is 13.9 Å². The molecule has 1 aromatic heterocycles. The predicted molar refractivity (Wildman–Crippen MR) is 69.0 cm³/mol. The Hall–Kier alpha value is -1.07. The van der Waals surface area contributed by atoms with Crippen LogP contribution in [0.5, 0.6) is 0 Å². The van der Waals surface area contributed by atoms with Crippen molar-refractivity contribution in [1.82, 2.24) is 4.98 Å². The molecule has 3 unspecified atom stereocenters. The van der Waals surface area contributed by atoms with Crippen LogP contribution in [0, 0.1) is 5.92 Å². The topological polar surface area (TPSA) is 59.1 Å². The Balaban J connectivity index is 2.21. The van der Waals surface area contributed by atoms with Crippen LogP contribution in [0.4, 0.5) is 8.78 Å². The minimum Gasteiger partial charge on any atom is -0.387 e. The van der Waals surface area contributed by atoms with Crippen molar-refractivity contribution < 1.29 is 13.9 Å². The Morgan fingerprint density at radius 1 is 1.53 bits per heavy atom. The van der Waals surface area contributed by atoms with Crippen LogP contribution in [0.15, 0.2) is 18.3 Å². The Kier molecular flexibility index (Phi) is 4.16. The molecule has 19 heavy (non-hydrogen) atoms. The molecule has 1 saturated carbocycles. The van der Waals surface area contributed by atoms with Gasteiger partial charge in [-0.25, -0.2) is 8.78 Å². The van der Waals surface area contributed by atoms with E-state index in [-0.39, 0.29) is 24.7 Å². The van der Waals surface area contributed by atoms with E-state index in [1.165, 1.54) is 0 Å². The van der Waals surface area contributed by atoms with Gasteiger partial charge >= 0.3 is 0 Å². The number of nitrogens with two attached hydrogens (primary N) is 1. The average Bonchev–Trinajstić information content (AvgIpc) is 2.38. The van der Waals surface area contributed by atoms with Gasteiger partial charge in [-0.05, 0) is 43.4 Å². The van der Waals surface area contributed by atoms with Crippen LogP contribution in [0.25, 0.3) is 0 Å². The van der Waals surface area contributed by atoms with Crippen molar-refractivity contribution >= 4 is 0 Å². The zero-order valence-electron chi connectivity index (χ0n) is 11.0. The smallest absolute Gasteiger partial charge is 0.248 e. The first kappa shape index (κ1) is 14.3. The number of aliphatic hydroxyl groups excluding tert-OH is 1. The zero-order chi connectivity index (χ0) is 14.0. The van der Waals surface area contributed by atoms with Crippen LogP contribution in [0.3, 0.4) is 0 Å². The van der Waals surface area contributed by atoms with Gasteiger partial charge in [-0.15, -0.1) is 0 Å². The van der Waals surface area contributed by atoms with Gasteiger partial charge in [0.25, 0.3) is 0 Å². The molecule has 5 heteroatoms. The maximum atomic E-state index is 13.6. The summed E-state index contributed by atoms with van der Waals surface area (Å²) in [6.07, 6.45) is 1.16. The molecule has 0 spiro atoms. The third-order valence-electron chi connectivity index (χ3n) is 3.94. The quantitative estimate of drug-likeness (QED) is 0.887. The summed E-state index contributed by atoms with van der Waals surface area (Å²) < 4.78 is 27.1. The van der Waals surface area contributed by atoms with Gasteiger partial charge in [-0.1, -0.05) is 6.07 Å². The fourth-order valence-corrected chi connectivity index (χ4v) is 2.74. The highest BCUT2D eigenvalue weighted by molar-refractivity contribution is 5.21. The molecule has 2 rings (SSSR count). The van der Waals surface area contributed by atoms with Gasteiger partial charge in [0.05, 0.1) is 11.8 Å². The minimum absolute atomic E-state index is 0.0788. The van der Waals surface area contributed by atoms with Gasteiger partial charge in [0.2, 0.25) is 5.92 Å². The molecule has 0 amide bonds. The number of nitrogens with zero attached hydrogens (tertiary/aromatic N) is 1. The van der Waals surface area contributed by atoms with Crippen molar-refractivity contribution in [2.24, 2.45) is 11.7 Å². The number of aromatic nitrogens is 1. The standard InChI is InChI=1S/C14H20F2N2O/c1-9(19)13-3-2-11(8-18-13)12-6-14(15,16)5-4-10(12)7-17/h2-3,8-10,12,19H,4-7,17H2,1H3. The van der Waals surface area contributed by atoms with Crippen LogP contribution in [0.2, 0.25) is 0 Å². The molecule has 1 aromatic rings. The molecule has 0 aromatic carbocycles. The van der Waals surface area contributed by atoms with Crippen LogP contribution in [-0.2, 0) is 0 Å². The molecule has 3 atom stereocenters. The second kappa shape index (κ2) is 5.51. The summed E-state index contributed by atoms with van der Waals surface area (Å²) in [7, 11) is 0.